The molecule has 4 bridgehead atoms. The summed E-state index contributed by atoms with van der Waals surface area (Å²) in [6, 6.07) is 20.3. The highest BCUT2D eigenvalue weighted by atomic mass is 16.5. The number of aromatic nitrogens is 1. The summed E-state index contributed by atoms with van der Waals surface area (Å²) in [6.45, 7) is 4.56. The normalized spacial score (nSPS) is 18.1. The number of amides is 2. The molecule has 2 aliphatic heterocycles. The van der Waals surface area contributed by atoms with Gasteiger partial charge in [-0.1, -0.05) is 37.3 Å². The van der Waals surface area contributed by atoms with Crippen molar-refractivity contribution < 1.29 is 14.3 Å². The Kier molecular flexibility index (Phi) is 6.64. The zero-order chi connectivity index (χ0) is 25.9. The Labute approximate surface area is 215 Å². The highest BCUT2D eigenvalue weighted by molar-refractivity contribution is 5.94. The number of carbonyl (C=O) groups is 2. The van der Waals surface area contributed by atoms with E-state index in [1.54, 1.807) is 12.3 Å². The number of nitrogens with two attached hydrogens (primary N) is 1. The number of fused-ring (bicyclic) bond motifs is 10. The maximum Gasteiger partial charge on any atom is 0.411 e. The van der Waals surface area contributed by atoms with E-state index < -0.39 is 12.1 Å². The number of hydrogen-bond acceptors (Lipinski definition) is 6. The van der Waals surface area contributed by atoms with Gasteiger partial charge in [-0.25, -0.2) is 9.78 Å². The molecule has 0 radical (unpaired) electrons. The third-order valence-electron chi connectivity index (χ3n) is 6.63. The van der Waals surface area contributed by atoms with Crippen molar-refractivity contribution in [3.63, 3.8) is 0 Å². The molecule has 6 rings (SSSR count). The Morgan fingerprint density at radius 1 is 1.05 bits per heavy atom. The van der Waals surface area contributed by atoms with Crippen LogP contribution in [0.25, 0.3) is 10.8 Å². The third kappa shape index (κ3) is 5.33. The van der Waals surface area contributed by atoms with Gasteiger partial charge >= 0.3 is 6.09 Å². The molecule has 0 saturated heterocycles. The van der Waals surface area contributed by atoms with E-state index in [0.717, 1.165) is 38.7 Å². The predicted octanol–water partition coefficient (Wildman–Crippen LogP) is 5.26. The van der Waals surface area contributed by atoms with Gasteiger partial charge in [0.25, 0.3) is 0 Å². The van der Waals surface area contributed by atoms with Crippen molar-refractivity contribution >= 4 is 40.0 Å². The molecule has 4 aromatic rings. The van der Waals surface area contributed by atoms with Gasteiger partial charge < -0.3 is 21.1 Å². The van der Waals surface area contributed by atoms with Crippen LogP contribution in [-0.4, -0.2) is 23.6 Å². The number of ether oxygens (including phenoxy) is 1. The monoisotopic (exact) mass is 495 g/mol. The first-order valence-corrected chi connectivity index (χ1v) is 12.2. The second-order valence-corrected chi connectivity index (χ2v) is 9.37. The van der Waals surface area contributed by atoms with Gasteiger partial charge in [-0.3, -0.25) is 10.1 Å². The topological polar surface area (TPSA) is 118 Å². The van der Waals surface area contributed by atoms with Crippen LogP contribution in [-0.2, 0) is 16.1 Å². The summed E-state index contributed by atoms with van der Waals surface area (Å²) < 4.78 is 5.48. The van der Waals surface area contributed by atoms with E-state index in [-0.39, 0.29) is 18.4 Å². The standard InChI is InChI=1S/C29H29N5O3/c1-17-12-21-6-8-24(17)18(2)16-37-29(36)34-22-5-3-4-19(13-22)15-32-28(35)26(21)33-23-7-9-25-20(14-23)10-11-31-27(25)30/h3-14,18,26,33H,15-16H2,1-2H3,(H2,30,31)(H,32,35)(H,34,36)/t18-,26+/m0/s1. The molecule has 2 aliphatic rings. The lowest BCUT2D eigenvalue weighted by Gasteiger charge is -2.23. The van der Waals surface area contributed by atoms with Crippen molar-refractivity contribution in [3.8, 4) is 0 Å². The minimum Gasteiger partial charge on any atom is -0.449 e. The molecule has 0 fully saturated rings. The van der Waals surface area contributed by atoms with Crippen molar-refractivity contribution in [2.24, 2.45) is 0 Å². The molecule has 0 unspecified atom stereocenters. The quantitative estimate of drug-likeness (QED) is 0.301. The molecular formula is C29H29N5O3. The fourth-order valence-corrected chi connectivity index (χ4v) is 4.68. The second kappa shape index (κ2) is 10.2. The van der Waals surface area contributed by atoms with Gasteiger partial charge in [0.05, 0.1) is 6.61 Å². The van der Waals surface area contributed by atoms with E-state index in [1.807, 2.05) is 74.5 Å². The molecule has 3 aromatic carbocycles. The van der Waals surface area contributed by atoms with Gasteiger partial charge in [-0.2, -0.15) is 0 Å². The molecule has 188 valence electrons. The van der Waals surface area contributed by atoms with Crippen LogP contribution in [0.1, 0.15) is 41.1 Å². The van der Waals surface area contributed by atoms with E-state index in [0.29, 0.717) is 18.1 Å². The number of benzene rings is 3. The van der Waals surface area contributed by atoms with E-state index in [4.69, 9.17) is 10.5 Å². The van der Waals surface area contributed by atoms with Gasteiger partial charge in [0.2, 0.25) is 5.91 Å². The molecule has 8 heteroatoms. The Hall–Kier alpha value is -4.59. The summed E-state index contributed by atoms with van der Waals surface area (Å²) in [4.78, 5) is 30.0. The average Bonchev–Trinajstić information content (AvgIpc) is 2.89. The summed E-state index contributed by atoms with van der Waals surface area (Å²) in [5, 5.41) is 11.0. The summed E-state index contributed by atoms with van der Waals surface area (Å²) in [6.07, 6.45) is 1.16. The van der Waals surface area contributed by atoms with Gasteiger partial charge in [-0.15, -0.1) is 0 Å². The lowest BCUT2D eigenvalue weighted by molar-refractivity contribution is -0.122. The number of nitrogen functional groups attached to an aromatic ring is 1. The molecule has 1 aromatic heterocycles. The van der Waals surface area contributed by atoms with Crippen LogP contribution < -0.4 is 21.7 Å². The Balaban J connectivity index is 1.51. The van der Waals surface area contributed by atoms with Crippen LogP contribution in [0.5, 0.6) is 0 Å². The first-order chi connectivity index (χ1) is 17.9. The maximum absolute atomic E-state index is 13.5. The molecule has 2 atom stereocenters. The molecule has 5 N–H and O–H groups in total. The Morgan fingerprint density at radius 2 is 1.92 bits per heavy atom. The zero-order valence-electron chi connectivity index (χ0n) is 20.7. The second-order valence-electron chi connectivity index (χ2n) is 9.37. The van der Waals surface area contributed by atoms with Crippen LogP contribution in [0, 0.1) is 6.92 Å². The number of anilines is 3. The van der Waals surface area contributed by atoms with Crippen LogP contribution in [0.15, 0.2) is 72.9 Å². The molecule has 0 spiro atoms. The largest absolute Gasteiger partial charge is 0.449 e. The zero-order valence-corrected chi connectivity index (χ0v) is 20.7. The number of aryl methyl sites for hydroxylation is 1. The van der Waals surface area contributed by atoms with Crippen LogP contribution in [0.3, 0.4) is 0 Å². The van der Waals surface area contributed by atoms with E-state index in [2.05, 4.69) is 20.9 Å². The number of nitrogens with one attached hydrogen (secondary N) is 3. The van der Waals surface area contributed by atoms with Gasteiger partial charge in [0.15, 0.2) is 0 Å². The molecule has 37 heavy (non-hydrogen) atoms. The fraction of sp³-hybridized carbons (Fsp3) is 0.207. The maximum atomic E-state index is 13.5. The van der Waals surface area contributed by atoms with Gasteiger partial charge in [0, 0.05) is 35.4 Å². The minimum atomic E-state index is -0.633. The Bertz CT molecular complexity index is 1490. The minimum absolute atomic E-state index is 0.0150. The number of rotatable bonds is 2. The van der Waals surface area contributed by atoms with Crippen LogP contribution >= 0.6 is 0 Å². The first kappa shape index (κ1) is 24.1. The first-order valence-electron chi connectivity index (χ1n) is 12.2. The molecule has 3 heterocycles. The van der Waals surface area contributed by atoms with Crippen LogP contribution in [0.4, 0.5) is 22.0 Å². The number of pyridine rings is 1. The van der Waals surface area contributed by atoms with Crippen molar-refractivity contribution in [2.45, 2.75) is 32.4 Å². The molecule has 8 nitrogen and oxygen atoms in total. The molecular weight excluding hydrogens is 466 g/mol. The number of nitrogens with zero attached hydrogens (tertiary/aromatic N) is 1. The highest BCUT2D eigenvalue weighted by Gasteiger charge is 2.23. The van der Waals surface area contributed by atoms with Crippen molar-refractivity contribution in [2.75, 3.05) is 23.0 Å². The predicted molar refractivity (Wildman–Crippen MR) is 145 cm³/mol. The van der Waals surface area contributed by atoms with E-state index in [9.17, 15) is 9.59 Å². The SMILES string of the molecule is Cc1cc2ccc1[C@@H](C)COC(=O)Nc1cccc(c1)CNC(=O)[C@@H]2Nc1ccc2c(N)nccc2c1. The van der Waals surface area contributed by atoms with Gasteiger partial charge in [0.1, 0.15) is 11.9 Å². The van der Waals surface area contributed by atoms with E-state index in [1.165, 1.54) is 0 Å². The molecule has 0 saturated carbocycles. The molecule has 0 aliphatic carbocycles. The summed E-state index contributed by atoms with van der Waals surface area (Å²) in [5.41, 5.74) is 11.2. The highest BCUT2D eigenvalue weighted by Crippen LogP contribution is 2.29. The summed E-state index contributed by atoms with van der Waals surface area (Å²) in [7, 11) is 0. The van der Waals surface area contributed by atoms with Crippen LogP contribution in [0.2, 0.25) is 0 Å². The van der Waals surface area contributed by atoms with Crippen molar-refractivity contribution in [1.29, 1.82) is 0 Å². The summed E-state index contributed by atoms with van der Waals surface area (Å²) >= 11 is 0. The Morgan fingerprint density at radius 3 is 2.76 bits per heavy atom. The van der Waals surface area contributed by atoms with E-state index >= 15 is 0 Å². The molecule has 2 amide bonds. The fourth-order valence-electron chi connectivity index (χ4n) is 4.68. The van der Waals surface area contributed by atoms with Crippen molar-refractivity contribution in [3.05, 3.63) is 95.2 Å². The smallest absolute Gasteiger partial charge is 0.411 e. The van der Waals surface area contributed by atoms with Crippen molar-refractivity contribution in [1.82, 2.24) is 10.3 Å². The van der Waals surface area contributed by atoms with Gasteiger partial charge in [-0.05, 0) is 71.0 Å². The average molecular weight is 496 g/mol. The lowest BCUT2D eigenvalue weighted by Crippen LogP contribution is -2.33. The number of carbonyl (C=O) groups excluding carboxylic acids is 2. The number of hydrogen-bond donors (Lipinski definition) is 4. The summed E-state index contributed by atoms with van der Waals surface area (Å²) in [5.74, 6) is 0.285. The third-order valence-corrected chi connectivity index (χ3v) is 6.63. The lowest BCUT2D eigenvalue weighted by atomic mass is 9.93.